The number of carbonyl (C=O) groups is 2. The second kappa shape index (κ2) is 12.1. The van der Waals surface area contributed by atoms with Crippen LogP contribution in [0.5, 0.6) is 0 Å². The van der Waals surface area contributed by atoms with Crippen LogP contribution in [0.1, 0.15) is 36.5 Å². The van der Waals surface area contributed by atoms with Gasteiger partial charge in [-0.05, 0) is 42.7 Å². The molecular weight excluding hydrogens is 551 g/mol. The highest BCUT2D eigenvalue weighted by Crippen LogP contribution is 2.38. The Labute approximate surface area is 236 Å². The van der Waals surface area contributed by atoms with Gasteiger partial charge >= 0.3 is 0 Å². The molecule has 3 aliphatic rings. The number of anilines is 2. The highest BCUT2D eigenvalue weighted by atomic mass is 35.5. The summed E-state index contributed by atoms with van der Waals surface area (Å²) < 4.78 is 5.39. The average molecular weight is 580 g/mol. The Morgan fingerprint density at radius 3 is 2.50 bits per heavy atom. The summed E-state index contributed by atoms with van der Waals surface area (Å²) in [5.74, 6) is -0.225. The summed E-state index contributed by atoms with van der Waals surface area (Å²) in [5, 5.41) is 7.70. The molecule has 2 saturated heterocycles. The first-order chi connectivity index (χ1) is 18.4. The molecule has 0 aromatic heterocycles. The van der Waals surface area contributed by atoms with E-state index in [2.05, 4.69) is 15.4 Å². The second-order valence-electron chi connectivity index (χ2n) is 9.58. The molecule has 3 aliphatic heterocycles. The number of halogens is 3. The number of morpholine rings is 1. The molecule has 0 saturated carbocycles. The van der Waals surface area contributed by atoms with Gasteiger partial charge in [-0.15, -0.1) is 0 Å². The maximum Gasteiger partial charge on any atom is 0.257 e. The summed E-state index contributed by atoms with van der Waals surface area (Å²) in [7, 11) is 0. The minimum Gasteiger partial charge on any atom is -0.387 e. The van der Waals surface area contributed by atoms with Crippen molar-refractivity contribution in [3.63, 3.8) is 0 Å². The first-order valence-electron chi connectivity index (χ1n) is 12.7. The van der Waals surface area contributed by atoms with Crippen LogP contribution in [-0.2, 0) is 19.2 Å². The molecule has 11 heteroatoms. The lowest BCUT2D eigenvalue weighted by molar-refractivity contribution is -0.140. The summed E-state index contributed by atoms with van der Waals surface area (Å²) in [6, 6.07) is 13.2. The third kappa shape index (κ3) is 6.04. The number of piperidine rings is 1. The van der Waals surface area contributed by atoms with Gasteiger partial charge in [-0.25, -0.2) is 0 Å². The van der Waals surface area contributed by atoms with E-state index in [0.29, 0.717) is 43.4 Å². The molecule has 1 atom stereocenters. The lowest BCUT2D eigenvalue weighted by Crippen LogP contribution is -2.47. The lowest BCUT2D eigenvalue weighted by Gasteiger charge is -2.37. The molecule has 0 bridgehead atoms. The van der Waals surface area contributed by atoms with E-state index >= 15 is 0 Å². The number of nitrogens with zero attached hydrogens (tertiary/aromatic N) is 3. The van der Waals surface area contributed by atoms with E-state index in [0.717, 1.165) is 48.5 Å². The van der Waals surface area contributed by atoms with Gasteiger partial charge in [0.2, 0.25) is 5.91 Å². The molecule has 2 aromatic rings. The Kier molecular flexibility index (Phi) is 8.63. The Morgan fingerprint density at radius 2 is 1.76 bits per heavy atom. The Balaban J connectivity index is 1.26. The van der Waals surface area contributed by atoms with E-state index in [1.54, 1.807) is 6.07 Å². The van der Waals surface area contributed by atoms with Crippen LogP contribution < -0.4 is 10.2 Å². The summed E-state index contributed by atoms with van der Waals surface area (Å²) >= 11 is 18.0. The van der Waals surface area contributed by atoms with Gasteiger partial charge in [-0.2, -0.15) is 0 Å². The van der Waals surface area contributed by atoms with Gasteiger partial charge in [0.15, 0.2) is 10.9 Å². The zero-order valence-electron chi connectivity index (χ0n) is 20.7. The fourth-order valence-electron chi connectivity index (χ4n) is 5.19. The smallest absolute Gasteiger partial charge is 0.257 e. The monoisotopic (exact) mass is 578 g/mol. The summed E-state index contributed by atoms with van der Waals surface area (Å²) in [6.45, 7) is 4.09. The molecule has 0 spiro atoms. The third-order valence-electron chi connectivity index (χ3n) is 7.18. The van der Waals surface area contributed by atoms with Crippen LogP contribution in [-0.4, -0.2) is 66.7 Å². The number of amides is 2. The second-order valence-corrected chi connectivity index (χ2v) is 11.1. The maximum atomic E-state index is 13.0. The number of alkyl halides is 2. The van der Waals surface area contributed by atoms with E-state index in [1.165, 1.54) is 0 Å². The van der Waals surface area contributed by atoms with E-state index in [9.17, 15) is 9.59 Å². The fourth-order valence-corrected chi connectivity index (χ4v) is 5.58. The largest absolute Gasteiger partial charge is 0.387 e. The van der Waals surface area contributed by atoms with Gasteiger partial charge in [-0.3, -0.25) is 9.59 Å². The van der Waals surface area contributed by atoms with Crippen LogP contribution in [0.2, 0.25) is 5.02 Å². The minimum atomic E-state index is -1.16. The predicted octanol–water partition coefficient (Wildman–Crippen LogP) is 5.02. The molecule has 0 aliphatic carbocycles. The van der Waals surface area contributed by atoms with Crippen molar-refractivity contribution in [2.24, 2.45) is 11.1 Å². The number of hydrogen-bond acceptors (Lipinski definition) is 6. The quantitative estimate of drug-likeness (QED) is 0.486. The third-order valence-corrected chi connectivity index (χ3v) is 7.89. The van der Waals surface area contributed by atoms with E-state index in [1.807, 2.05) is 41.3 Å². The van der Waals surface area contributed by atoms with Gasteiger partial charge < -0.3 is 24.7 Å². The summed E-state index contributed by atoms with van der Waals surface area (Å²) in [5.41, 5.74) is 4.04. The highest BCUT2D eigenvalue weighted by molar-refractivity contribution is 6.54. The van der Waals surface area contributed by atoms with Crippen LogP contribution in [0.4, 0.5) is 11.4 Å². The molecule has 0 radical (unpaired) electrons. The minimum absolute atomic E-state index is 0.0316. The number of ether oxygens (including phenoxy) is 1. The highest BCUT2D eigenvalue weighted by Gasteiger charge is 2.32. The Hall–Kier alpha value is -2.52. The van der Waals surface area contributed by atoms with Gasteiger partial charge in [0, 0.05) is 55.5 Å². The molecule has 38 heavy (non-hydrogen) atoms. The standard InChI is InChI=1S/C27H29Cl3N4O4/c28-20-5-2-6-22(33-9-7-17(8-10-33)27(36)34-11-13-37-14-12-34)24(20)21-16-23(38-32-21)18-3-1-4-19(15-18)31-26(35)25(29)30/h1-6,15,17,23,25H,7-14,16H2,(H,31,35). The normalized spacial score (nSPS) is 20.3. The van der Waals surface area contributed by atoms with Crippen molar-refractivity contribution in [1.29, 1.82) is 0 Å². The topological polar surface area (TPSA) is 83.5 Å². The van der Waals surface area contributed by atoms with Crippen molar-refractivity contribution < 1.29 is 19.2 Å². The van der Waals surface area contributed by atoms with Gasteiger partial charge in [0.25, 0.3) is 5.91 Å². The molecule has 3 heterocycles. The van der Waals surface area contributed by atoms with Crippen LogP contribution in [0, 0.1) is 5.92 Å². The van der Waals surface area contributed by atoms with Crippen LogP contribution >= 0.6 is 34.8 Å². The lowest BCUT2D eigenvalue weighted by atomic mass is 9.93. The Bertz CT molecular complexity index is 1210. The number of rotatable bonds is 6. The zero-order chi connectivity index (χ0) is 26.6. The van der Waals surface area contributed by atoms with Crippen LogP contribution in [0.3, 0.4) is 0 Å². The van der Waals surface area contributed by atoms with Gasteiger partial charge in [0.05, 0.1) is 23.9 Å². The Morgan fingerprint density at radius 1 is 1.03 bits per heavy atom. The van der Waals surface area contributed by atoms with Gasteiger partial charge in [0.1, 0.15) is 0 Å². The molecule has 5 rings (SSSR count). The number of benzene rings is 2. The van der Waals surface area contributed by atoms with E-state index < -0.39 is 10.7 Å². The van der Waals surface area contributed by atoms with E-state index in [4.69, 9.17) is 44.4 Å². The number of oxime groups is 1. The summed E-state index contributed by atoms with van der Waals surface area (Å²) in [6.07, 6.45) is 1.77. The van der Waals surface area contributed by atoms with Crippen molar-refractivity contribution in [1.82, 2.24) is 4.90 Å². The molecular formula is C27H29Cl3N4O4. The number of carbonyl (C=O) groups excluding carboxylic acids is 2. The molecule has 2 amide bonds. The molecule has 202 valence electrons. The molecule has 8 nitrogen and oxygen atoms in total. The molecule has 2 aromatic carbocycles. The van der Waals surface area contributed by atoms with Crippen molar-refractivity contribution in [3.05, 3.63) is 58.6 Å². The SMILES string of the molecule is O=C(Nc1cccc(C2CC(c3c(Cl)cccc3N3CCC(C(=O)N4CCOCC4)CC3)=NO2)c1)C(Cl)Cl. The number of nitrogens with one attached hydrogen (secondary N) is 1. The molecule has 1 unspecified atom stereocenters. The summed E-state index contributed by atoms with van der Waals surface area (Å²) in [4.78, 5) is 33.7. The van der Waals surface area contributed by atoms with Gasteiger partial charge in [-0.1, -0.05) is 58.2 Å². The van der Waals surface area contributed by atoms with E-state index in [-0.39, 0.29) is 17.9 Å². The number of hydrogen-bond donors (Lipinski definition) is 1. The van der Waals surface area contributed by atoms with Crippen LogP contribution in [0.15, 0.2) is 47.6 Å². The molecule has 2 fully saturated rings. The maximum absolute atomic E-state index is 13.0. The zero-order valence-corrected chi connectivity index (χ0v) is 23.0. The predicted molar refractivity (Wildman–Crippen MR) is 149 cm³/mol. The van der Waals surface area contributed by atoms with Crippen molar-refractivity contribution in [3.8, 4) is 0 Å². The first kappa shape index (κ1) is 27.1. The average Bonchev–Trinajstić information content (AvgIpc) is 3.43. The van der Waals surface area contributed by atoms with Crippen molar-refractivity contribution in [2.45, 2.75) is 30.2 Å². The fraction of sp³-hybridized carbons (Fsp3) is 0.444. The molecule has 1 N–H and O–H groups in total. The van der Waals surface area contributed by atoms with Crippen LogP contribution in [0.25, 0.3) is 0 Å². The van der Waals surface area contributed by atoms with Crippen molar-refractivity contribution >= 4 is 63.7 Å². The first-order valence-corrected chi connectivity index (χ1v) is 14.0. The van der Waals surface area contributed by atoms with Crippen molar-refractivity contribution in [2.75, 3.05) is 49.6 Å².